The Morgan fingerprint density at radius 1 is 1.56 bits per heavy atom. The fraction of sp³-hybridized carbons (Fsp3) is 0.308. The predicted molar refractivity (Wildman–Crippen MR) is 65.8 cm³/mol. The van der Waals surface area contributed by atoms with Crippen molar-refractivity contribution in [3.8, 4) is 5.75 Å². The second kappa shape index (κ2) is 5.95. The molecule has 3 nitrogen and oxygen atoms in total. The normalized spacial score (nSPS) is 9.62. The number of hydrogen-bond acceptors (Lipinski definition) is 2. The first-order chi connectivity index (χ1) is 7.69. The highest BCUT2D eigenvalue weighted by atomic mass is 16.5. The van der Waals surface area contributed by atoms with E-state index >= 15 is 0 Å². The first kappa shape index (κ1) is 12.3. The highest BCUT2D eigenvalue weighted by molar-refractivity contribution is 5.93. The van der Waals surface area contributed by atoms with Gasteiger partial charge in [-0.1, -0.05) is 12.1 Å². The standard InChI is InChI=1S/C13H17NO2/c1-4-5-9-13(15)14(2)11-7-6-8-12(10-11)16-3/h4,6-8,10H,1,5,9H2,2-3H3. The number of ether oxygens (including phenoxy) is 1. The molecule has 0 saturated carbocycles. The number of benzene rings is 1. The first-order valence-corrected chi connectivity index (χ1v) is 5.20. The summed E-state index contributed by atoms with van der Waals surface area (Å²) >= 11 is 0. The third-order valence-corrected chi connectivity index (χ3v) is 2.38. The fourth-order valence-electron chi connectivity index (χ4n) is 1.36. The molecule has 0 radical (unpaired) electrons. The fourth-order valence-corrected chi connectivity index (χ4v) is 1.36. The van der Waals surface area contributed by atoms with Gasteiger partial charge in [-0.15, -0.1) is 6.58 Å². The average Bonchev–Trinajstić information content (AvgIpc) is 2.35. The van der Waals surface area contributed by atoms with Crippen LogP contribution in [0.4, 0.5) is 5.69 Å². The van der Waals surface area contributed by atoms with Gasteiger partial charge in [0, 0.05) is 25.2 Å². The van der Waals surface area contributed by atoms with Crippen LogP contribution < -0.4 is 9.64 Å². The Kier molecular flexibility index (Phi) is 4.58. The van der Waals surface area contributed by atoms with E-state index in [-0.39, 0.29) is 5.91 Å². The molecule has 0 aromatic heterocycles. The van der Waals surface area contributed by atoms with Crippen LogP contribution in [0.2, 0.25) is 0 Å². The Labute approximate surface area is 96.3 Å². The number of hydrogen-bond donors (Lipinski definition) is 0. The van der Waals surface area contributed by atoms with Gasteiger partial charge in [0.15, 0.2) is 0 Å². The molecule has 0 unspecified atom stereocenters. The molecule has 0 N–H and O–H groups in total. The molecule has 16 heavy (non-hydrogen) atoms. The zero-order chi connectivity index (χ0) is 12.0. The predicted octanol–water partition coefficient (Wildman–Crippen LogP) is 2.62. The monoisotopic (exact) mass is 219 g/mol. The van der Waals surface area contributed by atoms with Gasteiger partial charge in [0.2, 0.25) is 5.91 Å². The summed E-state index contributed by atoms with van der Waals surface area (Å²) in [6.45, 7) is 3.60. The molecular weight excluding hydrogens is 202 g/mol. The van der Waals surface area contributed by atoms with Crippen LogP contribution in [0.5, 0.6) is 5.75 Å². The maximum Gasteiger partial charge on any atom is 0.227 e. The number of anilines is 1. The average molecular weight is 219 g/mol. The van der Waals surface area contributed by atoms with Crippen molar-refractivity contribution in [3.63, 3.8) is 0 Å². The molecule has 86 valence electrons. The van der Waals surface area contributed by atoms with Gasteiger partial charge in [-0.25, -0.2) is 0 Å². The molecule has 0 atom stereocenters. The van der Waals surface area contributed by atoms with Crippen LogP contribution in [0.25, 0.3) is 0 Å². The lowest BCUT2D eigenvalue weighted by atomic mass is 10.2. The number of carbonyl (C=O) groups is 1. The zero-order valence-corrected chi connectivity index (χ0v) is 9.77. The smallest absolute Gasteiger partial charge is 0.227 e. The second-order valence-corrected chi connectivity index (χ2v) is 3.48. The van der Waals surface area contributed by atoms with E-state index in [4.69, 9.17) is 4.74 Å². The lowest BCUT2D eigenvalue weighted by Gasteiger charge is -2.17. The van der Waals surface area contributed by atoms with E-state index in [0.717, 1.165) is 11.4 Å². The summed E-state index contributed by atoms with van der Waals surface area (Å²) < 4.78 is 5.11. The Hall–Kier alpha value is -1.77. The third kappa shape index (κ3) is 3.12. The molecule has 0 aliphatic carbocycles. The molecule has 0 heterocycles. The minimum atomic E-state index is 0.0770. The second-order valence-electron chi connectivity index (χ2n) is 3.48. The molecule has 0 aliphatic rings. The van der Waals surface area contributed by atoms with Gasteiger partial charge >= 0.3 is 0 Å². The number of methoxy groups -OCH3 is 1. The highest BCUT2D eigenvalue weighted by Gasteiger charge is 2.10. The summed E-state index contributed by atoms with van der Waals surface area (Å²) in [5.74, 6) is 0.828. The van der Waals surface area contributed by atoms with Crippen molar-refractivity contribution in [1.82, 2.24) is 0 Å². The molecule has 3 heteroatoms. The van der Waals surface area contributed by atoms with Crippen molar-refractivity contribution in [1.29, 1.82) is 0 Å². The number of carbonyl (C=O) groups excluding carboxylic acids is 1. The Balaban J connectivity index is 2.74. The van der Waals surface area contributed by atoms with Crippen LogP contribution in [-0.4, -0.2) is 20.1 Å². The summed E-state index contributed by atoms with van der Waals surface area (Å²) in [7, 11) is 3.37. The van der Waals surface area contributed by atoms with E-state index in [2.05, 4.69) is 6.58 Å². The first-order valence-electron chi connectivity index (χ1n) is 5.20. The summed E-state index contributed by atoms with van der Waals surface area (Å²) in [5, 5.41) is 0. The van der Waals surface area contributed by atoms with E-state index in [1.54, 1.807) is 25.1 Å². The van der Waals surface area contributed by atoms with Gasteiger partial charge in [0.25, 0.3) is 0 Å². The molecule has 1 amide bonds. The number of allylic oxidation sites excluding steroid dienone is 1. The zero-order valence-electron chi connectivity index (χ0n) is 9.77. The molecule has 1 rings (SSSR count). The molecule has 0 aliphatic heterocycles. The molecule has 1 aromatic carbocycles. The van der Waals surface area contributed by atoms with Crippen molar-refractivity contribution in [2.75, 3.05) is 19.1 Å². The van der Waals surface area contributed by atoms with Gasteiger partial charge in [-0.05, 0) is 18.6 Å². The Bertz CT molecular complexity index is 374. The minimum Gasteiger partial charge on any atom is -0.497 e. The van der Waals surface area contributed by atoms with Crippen molar-refractivity contribution in [2.45, 2.75) is 12.8 Å². The summed E-state index contributed by atoms with van der Waals surface area (Å²) in [5.41, 5.74) is 0.841. The van der Waals surface area contributed by atoms with Crippen LogP contribution in [0, 0.1) is 0 Å². The van der Waals surface area contributed by atoms with Crippen molar-refractivity contribution >= 4 is 11.6 Å². The van der Waals surface area contributed by atoms with Crippen LogP contribution in [0.3, 0.4) is 0 Å². The SMILES string of the molecule is C=CCCC(=O)N(C)c1cccc(OC)c1. The number of nitrogens with zero attached hydrogens (tertiary/aromatic N) is 1. The highest BCUT2D eigenvalue weighted by Crippen LogP contribution is 2.20. The quantitative estimate of drug-likeness (QED) is 0.712. The molecular formula is C13H17NO2. The van der Waals surface area contributed by atoms with Gasteiger partial charge in [0.1, 0.15) is 5.75 Å². The van der Waals surface area contributed by atoms with Crippen molar-refractivity contribution in [3.05, 3.63) is 36.9 Å². The van der Waals surface area contributed by atoms with E-state index in [1.807, 2.05) is 24.3 Å². The van der Waals surface area contributed by atoms with E-state index < -0.39 is 0 Å². The van der Waals surface area contributed by atoms with Gasteiger partial charge in [-0.2, -0.15) is 0 Å². The van der Waals surface area contributed by atoms with Crippen molar-refractivity contribution in [2.24, 2.45) is 0 Å². The lowest BCUT2D eigenvalue weighted by Crippen LogP contribution is -2.25. The summed E-state index contributed by atoms with van der Waals surface area (Å²) in [6.07, 6.45) is 2.93. The molecule has 0 spiro atoms. The van der Waals surface area contributed by atoms with Gasteiger partial charge < -0.3 is 9.64 Å². The van der Waals surface area contributed by atoms with Gasteiger partial charge in [-0.3, -0.25) is 4.79 Å². The number of rotatable bonds is 5. The lowest BCUT2D eigenvalue weighted by molar-refractivity contribution is -0.118. The Morgan fingerprint density at radius 3 is 2.94 bits per heavy atom. The number of amides is 1. The van der Waals surface area contributed by atoms with Crippen LogP contribution in [0.15, 0.2) is 36.9 Å². The van der Waals surface area contributed by atoms with Crippen LogP contribution >= 0.6 is 0 Å². The van der Waals surface area contributed by atoms with E-state index in [0.29, 0.717) is 12.8 Å². The van der Waals surface area contributed by atoms with Crippen molar-refractivity contribution < 1.29 is 9.53 Å². The molecule has 0 fully saturated rings. The van der Waals surface area contributed by atoms with E-state index in [9.17, 15) is 4.79 Å². The maximum absolute atomic E-state index is 11.7. The molecule has 1 aromatic rings. The maximum atomic E-state index is 11.7. The van der Waals surface area contributed by atoms with Crippen LogP contribution in [0.1, 0.15) is 12.8 Å². The molecule has 0 bridgehead atoms. The van der Waals surface area contributed by atoms with Crippen LogP contribution in [-0.2, 0) is 4.79 Å². The largest absolute Gasteiger partial charge is 0.497 e. The minimum absolute atomic E-state index is 0.0770. The topological polar surface area (TPSA) is 29.5 Å². The van der Waals surface area contributed by atoms with E-state index in [1.165, 1.54) is 0 Å². The summed E-state index contributed by atoms with van der Waals surface area (Å²) in [4.78, 5) is 13.4. The third-order valence-electron chi connectivity index (χ3n) is 2.38. The van der Waals surface area contributed by atoms with Gasteiger partial charge in [0.05, 0.1) is 7.11 Å². The Morgan fingerprint density at radius 2 is 2.31 bits per heavy atom. The summed E-state index contributed by atoms with van der Waals surface area (Å²) in [6, 6.07) is 7.44. The molecule has 0 saturated heterocycles.